The normalized spacial score (nSPS) is 14.7. The molecule has 1 aliphatic heterocycles. The molecule has 0 spiro atoms. The summed E-state index contributed by atoms with van der Waals surface area (Å²) in [7, 11) is 0. The van der Waals surface area contributed by atoms with E-state index in [-0.39, 0.29) is 11.8 Å². The molecule has 0 radical (unpaired) electrons. The van der Waals surface area contributed by atoms with E-state index in [0.717, 1.165) is 43.0 Å². The molecular weight excluding hydrogens is 338 g/mol. The summed E-state index contributed by atoms with van der Waals surface area (Å²) in [5, 5.41) is 11.6. The number of hydrogen-bond acceptors (Lipinski definition) is 5. The van der Waals surface area contributed by atoms with E-state index < -0.39 is 0 Å². The number of pyridine rings is 1. The van der Waals surface area contributed by atoms with Crippen molar-refractivity contribution in [1.82, 2.24) is 15.2 Å². The first-order chi connectivity index (χ1) is 13.3. The number of anilines is 2. The molecule has 0 atom stereocenters. The van der Waals surface area contributed by atoms with Crippen LogP contribution in [0.15, 0.2) is 66.9 Å². The predicted octanol–water partition coefficient (Wildman–Crippen LogP) is 3.39. The highest BCUT2D eigenvalue weighted by atomic mass is 16.1. The van der Waals surface area contributed by atoms with Gasteiger partial charge in [-0.2, -0.15) is 0 Å². The fourth-order valence-corrected chi connectivity index (χ4v) is 3.29. The van der Waals surface area contributed by atoms with Crippen LogP contribution in [0.3, 0.4) is 0 Å². The summed E-state index contributed by atoms with van der Waals surface area (Å²) in [6, 6.07) is 19.5. The van der Waals surface area contributed by atoms with Crippen LogP contribution in [0.4, 0.5) is 11.6 Å². The third-order valence-electron chi connectivity index (χ3n) is 4.83. The zero-order valence-corrected chi connectivity index (χ0v) is 15.0. The van der Waals surface area contributed by atoms with Crippen molar-refractivity contribution in [2.45, 2.75) is 12.8 Å². The van der Waals surface area contributed by atoms with Gasteiger partial charge in [-0.05, 0) is 37.1 Å². The van der Waals surface area contributed by atoms with Gasteiger partial charge in [-0.3, -0.25) is 4.79 Å². The summed E-state index contributed by atoms with van der Waals surface area (Å²) >= 11 is 0. The highest BCUT2D eigenvalue weighted by Gasteiger charge is 2.26. The molecule has 1 aliphatic rings. The van der Waals surface area contributed by atoms with Crippen molar-refractivity contribution < 1.29 is 4.79 Å². The molecule has 0 bridgehead atoms. The highest BCUT2D eigenvalue weighted by Crippen LogP contribution is 2.24. The molecule has 0 aliphatic carbocycles. The lowest BCUT2D eigenvalue weighted by atomic mass is 9.96. The van der Waals surface area contributed by atoms with Crippen LogP contribution in [0.25, 0.3) is 11.3 Å². The van der Waals surface area contributed by atoms with Gasteiger partial charge >= 0.3 is 0 Å². The van der Waals surface area contributed by atoms with E-state index in [4.69, 9.17) is 0 Å². The second-order valence-electron chi connectivity index (χ2n) is 6.61. The van der Waals surface area contributed by atoms with Crippen molar-refractivity contribution in [3.63, 3.8) is 0 Å². The molecule has 1 N–H and O–H groups in total. The number of carbonyl (C=O) groups excluding carboxylic acids is 1. The van der Waals surface area contributed by atoms with Gasteiger partial charge in [0.2, 0.25) is 5.91 Å². The number of carbonyl (C=O) groups is 1. The minimum absolute atomic E-state index is 0.000178. The Hall–Kier alpha value is -3.28. The molecule has 27 heavy (non-hydrogen) atoms. The van der Waals surface area contributed by atoms with Gasteiger partial charge < -0.3 is 10.2 Å². The van der Waals surface area contributed by atoms with E-state index in [2.05, 4.69) is 25.4 Å². The molecule has 3 aromatic rings. The number of rotatable bonds is 4. The fourth-order valence-electron chi connectivity index (χ4n) is 3.29. The fraction of sp³-hybridized carbons (Fsp3) is 0.238. The van der Waals surface area contributed by atoms with Gasteiger partial charge in [0, 0.05) is 30.8 Å². The predicted molar refractivity (Wildman–Crippen MR) is 105 cm³/mol. The Labute approximate surface area is 158 Å². The maximum atomic E-state index is 12.4. The van der Waals surface area contributed by atoms with Crippen molar-refractivity contribution in [1.29, 1.82) is 0 Å². The van der Waals surface area contributed by atoms with Crippen molar-refractivity contribution in [2.24, 2.45) is 5.92 Å². The molecule has 1 amide bonds. The standard InChI is InChI=1S/C21H21N5O/c27-21(23-19-8-4-5-13-22-19)17-11-14-26(15-12-17)20-10-9-18(24-25-20)16-6-2-1-3-7-16/h1-10,13,17H,11-12,14-15H2,(H,22,23,27). The zero-order chi connectivity index (χ0) is 18.5. The van der Waals surface area contributed by atoms with Crippen LogP contribution in [-0.2, 0) is 4.79 Å². The average molecular weight is 359 g/mol. The van der Waals surface area contributed by atoms with Crippen molar-refractivity contribution in [2.75, 3.05) is 23.3 Å². The van der Waals surface area contributed by atoms with Crippen LogP contribution in [0.5, 0.6) is 0 Å². The van der Waals surface area contributed by atoms with Gasteiger partial charge in [-0.15, -0.1) is 10.2 Å². The van der Waals surface area contributed by atoms with Gasteiger partial charge in [-0.25, -0.2) is 4.98 Å². The Kier molecular flexibility index (Phi) is 5.05. The first kappa shape index (κ1) is 17.1. The molecule has 6 heteroatoms. The molecule has 136 valence electrons. The minimum Gasteiger partial charge on any atom is -0.355 e. The quantitative estimate of drug-likeness (QED) is 0.773. The van der Waals surface area contributed by atoms with Crippen LogP contribution >= 0.6 is 0 Å². The summed E-state index contributed by atoms with van der Waals surface area (Å²) in [5.74, 6) is 1.50. The molecule has 1 saturated heterocycles. The summed E-state index contributed by atoms with van der Waals surface area (Å²) in [5.41, 5.74) is 1.92. The van der Waals surface area contributed by atoms with Crippen LogP contribution in [-0.4, -0.2) is 34.2 Å². The summed E-state index contributed by atoms with van der Waals surface area (Å²) in [6.45, 7) is 1.58. The Morgan fingerprint density at radius 3 is 2.37 bits per heavy atom. The lowest BCUT2D eigenvalue weighted by Gasteiger charge is -2.31. The van der Waals surface area contributed by atoms with Crippen molar-refractivity contribution in [3.05, 3.63) is 66.9 Å². The van der Waals surface area contributed by atoms with Crippen LogP contribution in [0.2, 0.25) is 0 Å². The minimum atomic E-state index is -0.000178. The molecule has 2 aromatic heterocycles. The number of aromatic nitrogens is 3. The van der Waals surface area contributed by atoms with E-state index >= 15 is 0 Å². The van der Waals surface area contributed by atoms with Crippen LogP contribution in [0.1, 0.15) is 12.8 Å². The Morgan fingerprint density at radius 2 is 1.70 bits per heavy atom. The number of benzene rings is 1. The smallest absolute Gasteiger partial charge is 0.228 e. The van der Waals surface area contributed by atoms with E-state index in [9.17, 15) is 4.79 Å². The molecule has 0 saturated carbocycles. The molecule has 4 rings (SSSR count). The number of nitrogens with one attached hydrogen (secondary N) is 1. The molecular formula is C21H21N5O. The largest absolute Gasteiger partial charge is 0.355 e. The molecule has 1 aromatic carbocycles. The average Bonchev–Trinajstić information content (AvgIpc) is 2.75. The lowest BCUT2D eigenvalue weighted by molar-refractivity contribution is -0.120. The Bertz CT molecular complexity index is 875. The first-order valence-corrected chi connectivity index (χ1v) is 9.15. The topological polar surface area (TPSA) is 71.0 Å². The maximum absolute atomic E-state index is 12.4. The SMILES string of the molecule is O=C(Nc1ccccn1)C1CCN(c2ccc(-c3ccccc3)nn2)CC1. The monoisotopic (exact) mass is 359 g/mol. The van der Waals surface area contributed by atoms with E-state index in [1.165, 1.54) is 0 Å². The highest BCUT2D eigenvalue weighted by molar-refractivity contribution is 5.91. The molecule has 3 heterocycles. The Balaban J connectivity index is 1.34. The third kappa shape index (κ3) is 4.11. The maximum Gasteiger partial charge on any atom is 0.228 e. The van der Waals surface area contributed by atoms with E-state index in [1.54, 1.807) is 12.3 Å². The second kappa shape index (κ2) is 7.95. The van der Waals surface area contributed by atoms with Gasteiger partial charge in [-0.1, -0.05) is 36.4 Å². The summed E-state index contributed by atoms with van der Waals surface area (Å²) in [6.07, 6.45) is 3.26. The summed E-state index contributed by atoms with van der Waals surface area (Å²) < 4.78 is 0. The number of nitrogens with zero attached hydrogens (tertiary/aromatic N) is 4. The Morgan fingerprint density at radius 1 is 0.926 bits per heavy atom. The van der Waals surface area contributed by atoms with Gasteiger partial charge in [0.25, 0.3) is 0 Å². The van der Waals surface area contributed by atoms with Crippen molar-refractivity contribution in [3.8, 4) is 11.3 Å². The molecule has 1 fully saturated rings. The van der Waals surface area contributed by atoms with Crippen LogP contribution in [0, 0.1) is 5.92 Å². The van der Waals surface area contributed by atoms with Gasteiger partial charge in [0.1, 0.15) is 5.82 Å². The zero-order valence-electron chi connectivity index (χ0n) is 15.0. The number of hydrogen-bond donors (Lipinski definition) is 1. The molecule has 6 nitrogen and oxygen atoms in total. The van der Waals surface area contributed by atoms with Crippen LogP contribution < -0.4 is 10.2 Å². The molecule has 0 unspecified atom stereocenters. The number of piperidine rings is 1. The van der Waals surface area contributed by atoms with Gasteiger partial charge in [0.05, 0.1) is 5.69 Å². The van der Waals surface area contributed by atoms with E-state index in [1.807, 2.05) is 54.6 Å². The van der Waals surface area contributed by atoms with E-state index in [0.29, 0.717) is 5.82 Å². The second-order valence-corrected chi connectivity index (χ2v) is 6.61. The van der Waals surface area contributed by atoms with Gasteiger partial charge in [0.15, 0.2) is 5.82 Å². The third-order valence-corrected chi connectivity index (χ3v) is 4.83. The summed E-state index contributed by atoms with van der Waals surface area (Å²) in [4.78, 5) is 18.8. The number of amides is 1. The lowest BCUT2D eigenvalue weighted by Crippen LogP contribution is -2.38. The first-order valence-electron chi connectivity index (χ1n) is 9.15. The van der Waals surface area contributed by atoms with Crippen molar-refractivity contribution >= 4 is 17.5 Å².